The number of hydrogen-bond donors (Lipinski definition) is 3. The van der Waals surface area contributed by atoms with Gasteiger partial charge in [-0.2, -0.15) is 0 Å². The first-order valence-electron chi connectivity index (χ1n) is 8.22. The standard InChI is InChI=1S/C18H18FN3O4/c1-9-14-11(10-4-2-3-5-12(10)19)6-22(17(14)21-8-20-9)18-16(25)15(24)13(7-23)26-18/h2-6,8,13,15-16,18,23-25H,7H2,1H3/t13-,15-,16-,18-/m1/s1. The molecule has 136 valence electrons. The van der Waals surface area contributed by atoms with E-state index in [2.05, 4.69) is 9.97 Å². The van der Waals surface area contributed by atoms with Crippen molar-refractivity contribution in [3.63, 3.8) is 0 Å². The van der Waals surface area contributed by atoms with Crippen molar-refractivity contribution in [2.45, 2.75) is 31.5 Å². The van der Waals surface area contributed by atoms with Crippen molar-refractivity contribution in [1.82, 2.24) is 14.5 Å². The van der Waals surface area contributed by atoms with Crippen molar-refractivity contribution < 1.29 is 24.4 Å². The lowest BCUT2D eigenvalue weighted by Crippen LogP contribution is -2.33. The van der Waals surface area contributed by atoms with Crippen LogP contribution in [0.4, 0.5) is 4.39 Å². The van der Waals surface area contributed by atoms with Gasteiger partial charge < -0.3 is 24.6 Å². The molecule has 0 unspecified atom stereocenters. The van der Waals surface area contributed by atoms with E-state index in [4.69, 9.17) is 4.74 Å². The Morgan fingerprint density at radius 2 is 1.92 bits per heavy atom. The lowest BCUT2D eigenvalue weighted by atomic mass is 10.0. The van der Waals surface area contributed by atoms with Crippen molar-refractivity contribution >= 4 is 11.0 Å². The average Bonchev–Trinajstić information content (AvgIpc) is 3.15. The minimum atomic E-state index is -1.26. The van der Waals surface area contributed by atoms with Gasteiger partial charge in [-0.15, -0.1) is 0 Å². The molecule has 3 N–H and O–H groups in total. The van der Waals surface area contributed by atoms with Crippen molar-refractivity contribution in [1.29, 1.82) is 0 Å². The summed E-state index contributed by atoms with van der Waals surface area (Å²) in [6, 6.07) is 6.35. The summed E-state index contributed by atoms with van der Waals surface area (Å²) in [6.07, 6.45) is -1.35. The molecule has 0 amide bonds. The molecule has 1 aliphatic rings. The van der Waals surface area contributed by atoms with Gasteiger partial charge in [-0.25, -0.2) is 14.4 Å². The third kappa shape index (κ3) is 2.50. The Hall–Kier alpha value is -2.39. The molecule has 26 heavy (non-hydrogen) atoms. The Morgan fingerprint density at radius 3 is 2.62 bits per heavy atom. The predicted molar refractivity (Wildman–Crippen MR) is 90.7 cm³/mol. The van der Waals surface area contributed by atoms with E-state index in [1.807, 2.05) is 0 Å². The molecule has 4 rings (SSSR count). The van der Waals surface area contributed by atoms with E-state index in [1.165, 1.54) is 12.4 Å². The largest absolute Gasteiger partial charge is 0.394 e. The molecule has 3 aromatic rings. The van der Waals surface area contributed by atoms with Crippen LogP contribution in [-0.2, 0) is 4.74 Å². The molecule has 4 atom stereocenters. The van der Waals surface area contributed by atoms with Gasteiger partial charge in [0.2, 0.25) is 0 Å². The highest BCUT2D eigenvalue weighted by Gasteiger charge is 2.44. The molecule has 0 aliphatic carbocycles. The number of aromatic nitrogens is 3. The van der Waals surface area contributed by atoms with Crippen LogP contribution in [0.25, 0.3) is 22.2 Å². The zero-order valence-corrected chi connectivity index (χ0v) is 14.0. The highest BCUT2D eigenvalue weighted by molar-refractivity contribution is 5.95. The van der Waals surface area contributed by atoms with E-state index in [1.54, 1.807) is 35.9 Å². The van der Waals surface area contributed by atoms with Crippen LogP contribution >= 0.6 is 0 Å². The first-order valence-corrected chi connectivity index (χ1v) is 8.22. The highest BCUT2D eigenvalue weighted by Crippen LogP contribution is 2.38. The second-order valence-electron chi connectivity index (χ2n) is 6.32. The van der Waals surface area contributed by atoms with Crippen LogP contribution in [0, 0.1) is 12.7 Å². The zero-order chi connectivity index (χ0) is 18.4. The number of aliphatic hydroxyl groups excluding tert-OH is 3. The summed E-state index contributed by atoms with van der Waals surface area (Å²) < 4.78 is 21.5. The summed E-state index contributed by atoms with van der Waals surface area (Å²) in [5, 5.41) is 30.3. The van der Waals surface area contributed by atoms with E-state index < -0.39 is 37.0 Å². The normalized spacial score (nSPS) is 25.9. The van der Waals surface area contributed by atoms with Gasteiger partial charge in [0.1, 0.15) is 36.1 Å². The first-order chi connectivity index (χ1) is 12.5. The highest BCUT2D eigenvalue weighted by atomic mass is 19.1. The number of rotatable bonds is 3. The van der Waals surface area contributed by atoms with Crippen LogP contribution in [-0.4, -0.2) is 54.8 Å². The molecule has 7 nitrogen and oxygen atoms in total. The molecular weight excluding hydrogens is 341 g/mol. The van der Waals surface area contributed by atoms with Gasteiger partial charge >= 0.3 is 0 Å². The third-order valence-electron chi connectivity index (χ3n) is 4.75. The predicted octanol–water partition coefficient (Wildman–Crippen LogP) is 1.16. The quantitative estimate of drug-likeness (QED) is 0.649. The van der Waals surface area contributed by atoms with Gasteiger partial charge in [-0.3, -0.25) is 0 Å². The van der Waals surface area contributed by atoms with E-state index in [0.717, 1.165) is 0 Å². The number of hydrogen-bond acceptors (Lipinski definition) is 6. The molecule has 0 radical (unpaired) electrons. The lowest BCUT2D eigenvalue weighted by Gasteiger charge is -2.17. The summed E-state index contributed by atoms with van der Waals surface area (Å²) in [7, 11) is 0. The molecule has 0 spiro atoms. The Balaban J connectivity index is 1.93. The maximum absolute atomic E-state index is 14.4. The van der Waals surface area contributed by atoms with Crippen molar-refractivity contribution in [2.75, 3.05) is 6.61 Å². The fraction of sp³-hybridized carbons (Fsp3) is 0.333. The van der Waals surface area contributed by atoms with Crippen LogP contribution in [0.2, 0.25) is 0 Å². The second kappa shape index (κ2) is 6.40. The Bertz CT molecular complexity index is 961. The number of halogens is 1. The summed E-state index contributed by atoms with van der Waals surface area (Å²) in [4.78, 5) is 8.46. The van der Waals surface area contributed by atoms with E-state index >= 15 is 0 Å². The van der Waals surface area contributed by atoms with Gasteiger partial charge in [0.05, 0.1) is 12.3 Å². The Labute approximate surface area is 148 Å². The molecule has 1 saturated heterocycles. The zero-order valence-electron chi connectivity index (χ0n) is 14.0. The first kappa shape index (κ1) is 17.0. The molecule has 1 aliphatic heterocycles. The smallest absolute Gasteiger partial charge is 0.164 e. The van der Waals surface area contributed by atoms with Gasteiger partial charge in [0.25, 0.3) is 0 Å². The number of aryl methyl sites for hydroxylation is 1. The van der Waals surface area contributed by atoms with E-state index in [-0.39, 0.29) is 0 Å². The van der Waals surface area contributed by atoms with Crippen LogP contribution in [0.3, 0.4) is 0 Å². The van der Waals surface area contributed by atoms with Crippen molar-refractivity contribution in [3.8, 4) is 11.1 Å². The molecular formula is C18H18FN3O4. The van der Waals surface area contributed by atoms with Gasteiger partial charge in [-0.1, -0.05) is 18.2 Å². The average molecular weight is 359 g/mol. The van der Waals surface area contributed by atoms with Gasteiger partial charge in [0.15, 0.2) is 6.23 Å². The fourth-order valence-corrected chi connectivity index (χ4v) is 3.42. The molecule has 2 aromatic heterocycles. The Kier molecular flexibility index (Phi) is 4.20. The molecule has 0 saturated carbocycles. The summed E-state index contributed by atoms with van der Waals surface area (Å²) in [6.45, 7) is 1.36. The second-order valence-corrected chi connectivity index (χ2v) is 6.32. The monoisotopic (exact) mass is 359 g/mol. The number of aliphatic hydroxyl groups is 3. The third-order valence-corrected chi connectivity index (χ3v) is 4.75. The maximum atomic E-state index is 14.4. The molecule has 0 bridgehead atoms. The van der Waals surface area contributed by atoms with Crippen molar-refractivity contribution in [3.05, 3.63) is 48.3 Å². The van der Waals surface area contributed by atoms with E-state index in [9.17, 15) is 19.7 Å². The molecule has 8 heteroatoms. The summed E-state index contributed by atoms with van der Waals surface area (Å²) in [5.74, 6) is -0.393. The van der Waals surface area contributed by atoms with Crippen LogP contribution in [0.15, 0.2) is 36.8 Å². The van der Waals surface area contributed by atoms with Gasteiger partial charge in [-0.05, 0) is 13.0 Å². The fourth-order valence-electron chi connectivity index (χ4n) is 3.42. The molecule has 1 fully saturated rings. The Morgan fingerprint density at radius 1 is 1.15 bits per heavy atom. The SMILES string of the molecule is Cc1ncnc2c1c(-c1ccccc1F)cn2[C@@H]1O[C@H](CO)[C@@H](O)[C@H]1O. The topological polar surface area (TPSA) is 101 Å². The van der Waals surface area contributed by atoms with Crippen LogP contribution in [0.1, 0.15) is 11.9 Å². The number of nitrogens with zero attached hydrogens (tertiary/aromatic N) is 3. The van der Waals surface area contributed by atoms with E-state index in [0.29, 0.717) is 27.9 Å². The van der Waals surface area contributed by atoms with Crippen molar-refractivity contribution in [2.24, 2.45) is 0 Å². The number of fused-ring (bicyclic) bond motifs is 1. The molecule has 3 heterocycles. The molecule has 1 aromatic carbocycles. The summed E-state index contributed by atoms with van der Waals surface area (Å²) in [5.41, 5.74) is 2.04. The van der Waals surface area contributed by atoms with Crippen LogP contribution in [0.5, 0.6) is 0 Å². The van der Waals surface area contributed by atoms with Gasteiger partial charge in [0, 0.05) is 22.7 Å². The number of ether oxygens (including phenoxy) is 1. The maximum Gasteiger partial charge on any atom is 0.164 e. The number of benzene rings is 1. The van der Waals surface area contributed by atoms with Crippen LogP contribution < -0.4 is 0 Å². The minimum absolute atomic E-state index is 0.376. The lowest BCUT2D eigenvalue weighted by molar-refractivity contribution is -0.0508. The summed E-state index contributed by atoms with van der Waals surface area (Å²) >= 11 is 0. The minimum Gasteiger partial charge on any atom is -0.394 e.